The van der Waals surface area contributed by atoms with Gasteiger partial charge in [-0.25, -0.2) is 4.39 Å². The molecule has 0 aliphatic rings. The molecule has 0 unspecified atom stereocenters. The lowest BCUT2D eigenvalue weighted by atomic mass is 10.2. The summed E-state index contributed by atoms with van der Waals surface area (Å²) in [5.41, 5.74) is 0.811. The maximum Gasteiger partial charge on any atom is 0.401 e. The first-order chi connectivity index (χ1) is 11.2. The number of hydrogen-bond acceptors (Lipinski definition) is 2. The molecule has 0 spiro atoms. The number of hydrogen-bond donors (Lipinski definition) is 1. The molecule has 0 bridgehead atoms. The van der Waals surface area contributed by atoms with E-state index in [0.29, 0.717) is 32.0 Å². The van der Waals surface area contributed by atoms with E-state index in [9.17, 15) is 17.6 Å². The summed E-state index contributed by atoms with van der Waals surface area (Å²) < 4.78 is 49.9. The fourth-order valence-corrected chi connectivity index (χ4v) is 2.30. The van der Waals surface area contributed by atoms with E-state index in [1.54, 1.807) is 13.1 Å². The molecular formula is C16H25F4IN4. The maximum atomic E-state index is 13.2. The topological polar surface area (TPSA) is 30.9 Å². The molecule has 1 aromatic rings. The summed E-state index contributed by atoms with van der Waals surface area (Å²) in [5, 5.41) is 3.10. The van der Waals surface area contributed by atoms with E-state index < -0.39 is 12.7 Å². The average Bonchev–Trinajstić information content (AvgIpc) is 2.45. The molecule has 0 atom stereocenters. The number of nitrogens with one attached hydrogen (secondary N) is 1. The molecule has 0 saturated heterocycles. The van der Waals surface area contributed by atoms with Gasteiger partial charge in [-0.2, -0.15) is 13.2 Å². The second-order valence-electron chi connectivity index (χ2n) is 5.67. The summed E-state index contributed by atoms with van der Waals surface area (Å²) in [4.78, 5) is 7.19. The number of alkyl halides is 3. The minimum Gasteiger partial charge on any atom is -0.356 e. The van der Waals surface area contributed by atoms with Gasteiger partial charge in [0.2, 0.25) is 0 Å². The SMILES string of the molecule is CN=C(NCCCN(C)CC(F)(F)F)N(C)Cc1cccc(F)c1.I. The van der Waals surface area contributed by atoms with Crippen LogP contribution < -0.4 is 5.32 Å². The summed E-state index contributed by atoms with van der Waals surface area (Å²) in [5.74, 6) is 0.314. The van der Waals surface area contributed by atoms with Crippen LogP contribution in [0.3, 0.4) is 0 Å². The Morgan fingerprint density at radius 1 is 1.24 bits per heavy atom. The second-order valence-corrected chi connectivity index (χ2v) is 5.67. The van der Waals surface area contributed by atoms with Crippen molar-refractivity contribution in [3.05, 3.63) is 35.6 Å². The highest BCUT2D eigenvalue weighted by molar-refractivity contribution is 14.0. The smallest absolute Gasteiger partial charge is 0.356 e. The van der Waals surface area contributed by atoms with Gasteiger partial charge in [0.05, 0.1) is 6.54 Å². The van der Waals surface area contributed by atoms with Gasteiger partial charge >= 0.3 is 6.18 Å². The minimum atomic E-state index is -4.18. The maximum absolute atomic E-state index is 13.2. The Morgan fingerprint density at radius 3 is 2.48 bits per heavy atom. The van der Waals surface area contributed by atoms with Crippen LogP contribution in [-0.2, 0) is 6.54 Å². The third-order valence-corrected chi connectivity index (χ3v) is 3.33. The number of rotatable bonds is 7. The molecule has 1 rings (SSSR count). The summed E-state index contributed by atoms with van der Waals surface area (Å²) >= 11 is 0. The Hall–Kier alpha value is -1.10. The van der Waals surface area contributed by atoms with Crippen molar-refractivity contribution in [2.75, 3.05) is 40.8 Å². The molecule has 0 radical (unpaired) electrons. The Bertz CT molecular complexity index is 537. The molecule has 0 fully saturated rings. The van der Waals surface area contributed by atoms with Gasteiger partial charge in [-0.05, 0) is 37.7 Å². The van der Waals surface area contributed by atoms with Gasteiger partial charge in [0, 0.05) is 27.2 Å². The van der Waals surface area contributed by atoms with Crippen molar-refractivity contribution in [3.63, 3.8) is 0 Å². The number of nitrogens with zero attached hydrogens (tertiary/aromatic N) is 3. The quantitative estimate of drug-likeness (QED) is 0.216. The zero-order valence-corrected chi connectivity index (χ0v) is 16.9. The van der Waals surface area contributed by atoms with Crippen LogP contribution in [0.25, 0.3) is 0 Å². The van der Waals surface area contributed by atoms with E-state index in [4.69, 9.17) is 0 Å². The van der Waals surface area contributed by atoms with Crippen LogP contribution in [0.15, 0.2) is 29.3 Å². The van der Waals surface area contributed by atoms with Gasteiger partial charge in [0.15, 0.2) is 5.96 Å². The molecule has 9 heteroatoms. The highest BCUT2D eigenvalue weighted by Gasteiger charge is 2.28. The van der Waals surface area contributed by atoms with E-state index in [1.807, 2.05) is 18.0 Å². The third kappa shape index (κ3) is 10.5. The first-order valence-electron chi connectivity index (χ1n) is 7.63. The lowest BCUT2D eigenvalue weighted by Gasteiger charge is -2.23. The van der Waals surface area contributed by atoms with Crippen molar-refractivity contribution in [2.45, 2.75) is 19.1 Å². The minimum absolute atomic E-state index is 0. The summed E-state index contributed by atoms with van der Waals surface area (Å²) in [6, 6.07) is 6.30. The molecule has 0 saturated carbocycles. The van der Waals surface area contributed by atoms with Gasteiger partial charge in [-0.3, -0.25) is 9.89 Å². The van der Waals surface area contributed by atoms with Crippen LogP contribution in [0.5, 0.6) is 0 Å². The summed E-state index contributed by atoms with van der Waals surface area (Å²) in [7, 11) is 4.88. The zero-order valence-electron chi connectivity index (χ0n) is 14.6. The zero-order chi connectivity index (χ0) is 18.2. The van der Waals surface area contributed by atoms with Crippen molar-refractivity contribution >= 4 is 29.9 Å². The molecule has 0 aliphatic heterocycles. The van der Waals surface area contributed by atoms with E-state index in [2.05, 4.69) is 10.3 Å². The van der Waals surface area contributed by atoms with Crippen LogP contribution in [-0.4, -0.2) is 62.7 Å². The van der Waals surface area contributed by atoms with Crippen LogP contribution in [0, 0.1) is 5.82 Å². The Labute approximate surface area is 163 Å². The fourth-order valence-electron chi connectivity index (χ4n) is 2.30. The fraction of sp³-hybridized carbons (Fsp3) is 0.562. The first-order valence-corrected chi connectivity index (χ1v) is 7.63. The molecule has 4 nitrogen and oxygen atoms in total. The van der Waals surface area contributed by atoms with Gasteiger partial charge < -0.3 is 10.2 Å². The van der Waals surface area contributed by atoms with E-state index >= 15 is 0 Å². The number of guanidine groups is 1. The van der Waals surface area contributed by atoms with Gasteiger partial charge in [0.25, 0.3) is 0 Å². The molecule has 1 N–H and O–H groups in total. The third-order valence-electron chi connectivity index (χ3n) is 3.33. The second kappa shape index (κ2) is 11.5. The molecular weight excluding hydrogens is 451 g/mol. The summed E-state index contributed by atoms with van der Waals surface area (Å²) in [6.45, 7) is 0.395. The predicted molar refractivity (Wildman–Crippen MR) is 103 cm³/mol. The van der Waals surface area contributed by atoms with Crippen molar-refractivity contribution in [3.8, 4) is 0 Å². The van der Waals surface area contributed by atoms with Crippen LogP contribution in [0.4, 0.5) is 17.6 Å². The van der Waals surface area contributed by atoms with Gasteiger partial charge in [-0.15, -0.1) is 24.0 Å². The first kappa shape index (κ1) is 23.9. The molecule has 0 aromatic heterocycles. The van der Waals surface area contributed by atoms with Crippen LogP contribution in [0.2, 0.25) is 0 Å². The molecule has 0 aliphatic carbocycles. The standard InChI is InChI=1S/C16H24F4N4.HI/c1-21-15(22-8-5-9-23(2)12-16(18,19)20)24(3)11-13-6-4-7-14(17)10-13;/h4,6-7,10H,5,8-9,11-12H2,1-3H3,(H,21,22);1H. The summed E-state index contributed by atoms with van der Waals surface area (Å²) in [6.07, 6.45) is -3.62. The van der Waals surface area contributed by atoms with Crippen molar-refractivity contribution in [1.29, 1.82) is 0 Å². The van der Waals surface area contributed by atoms with E-state index in [1.165, 1.54) is 24.1 Å². The van der Waals surface area contributed by atoms with Crippen molar-refractivity contribution in [2.24, 2.45) is 4.99 Å². The molecule has 0 heterocycles. The lowest BCUT2D eigenvalue weighted by Crippen LogP contribution is -2.40. The number of halogens is 5. The molecule has 0 amide bonds. The number of aliphatic imine (C=N–C) groups is 1. The molecule has 1 aromatic carbocycles. The Kier molecular flexibility index (Phi) is 11.0. The van der Waals surface area contributed by atoms with Gasteiger partial charge in [-0.1, -0.05) is 12.1 Å². The van der Waals surface area contributed by atoms with E-state index in [0.717, 1.165) is 5.56 Å². The Balaban J connectivity index is 0.00000576. The van der Waals surface area contributed by atoms with Crippen LogP contribution in [0.1, 0.15) is 12.0 Å². The van der Waals surface area contributed by atoms with Crippen molar-refractivity contribution < 1.29 is 17.6 Å². The Morgan fingerprint density at radius 2 is 1.92 bits per heavy atom. The average molecular weight is 476 g/mol. The molecule has 25 heavy (non-hydrogen) atoms. The normalized spacial score (nSPS) is 12.1. The molecule has 144 valence electrons. The monoisotopic (exact) mass is 476 g/mol. The number of benzene rings is 1. The highest BCUT2D eigenvalue weighted by Crippen LogP contribution is 2.15. The highest BCUT2D eigenvalue weighted by atomic mass is 127. The van der Waals surface area contributed by atoms with Crippen LogP contribution >= 0.6 is 24.0 Å². The van der Waals surface area contributed by atoms with E-state index in [-0.39, 0.29) is 29.8 Å². The largest absolute Gasteiger partial charge is 0.401 e. The van der Waals surface area contributed by atoms with Crippen molar-refractivity contribution in [1.82, 2.24) is 15.1 Å². The lowest BCUT2D eigenvalue weighted by molar-refractivity contribution is -0.143. The van der Waals surface area contributed by atoms with Gasteiger partial charge in [0.1, 0.15) is 5.82 Å². The predicted octanol–water partition coefficient (Wildman–Crippen LogP) is 3.34.